The number of carbonyl (C=O) groups is 1. The van der Waals surface area contributed by atoms with E-state index in [9.17, 15) is 4.79 Å². The molecular formula is C17H17ClN4O. The number of benzene rings is 1. The maximum absolute atomic E-state index is 12.1. The van der Waals surface area contributed by atoms with E-state index >= 15 is 0 Å². The average Bonchev–Trinajstić information content (AvgIpc) is 2.83. The molecule has 0 spiro atoms. The van der Waals surface area contributed by atoms with Crippen molar-refractivity contribution in [2.24, 2.45) is 0 Å². The lowest BCUT2D eigenvalue weighted by molar-refractivity contribution is -0.129. The van der Waals surface area contributed by atoms with Gasteiger partial charge < -0.3 is 10.3 Å². The van der Waals surface area contributed by atoms with Crippen LogP contribution in [0, 0.1) is 17.3 Å². The first-order valence-corrected chi connectivity index (χ1v) is 7.61. The van der Waals surface area contributed by atoms with E-state index in [0.29, 0.717) is 10.7 Å². The van der Waals surface area contributed by atoms with Crippen molar-refractivity contribution in [2.45, 2.75) is 25.8 Å². The van der Waals surface area contributed by atoms with Crippen molar-refractivity contribution in [1.82, 2.24) is 15.2 Å². The Morgan fingerprint density at radius 1 is 1.43 bits per heavy atom. The Balaban J connectivity index is 2.12. The molecule has 0 bridgehead atoms. The van der Waals surface area contributed by atoms with Crippen LogP contribution >= 0.6 is 11.6 Å². The number of halogens is 1. The first-order valence-electron chi connectivity index (χ1n) is 7.23. The van der Waals surface area contributed by atoms with Gasteiger partial charge in [0, 0.05) is 23.5 Å². The Morgan fingerprint density at radius 3 is 2.83 bits per heavy atom. The lowest BCUT2D eigenvalue weighted by Gasteiger charge is -2.38. The predicted molar refractivity (Wildman–Crippen MR) is 91.5 cm³/mol. The molecule has 2 aromatic rings. The molecule has 0 aliphatic carbocycles. The van der Waals surface area contributed by atoms with Crippen molar-refractivity contribution < 1.29 is 4.79 Å². The molecule has 1 saturated heterocycles. The summed E-state index contributed by atoms with van der Waals surface area (Å²) in [6.07, 6.45) is 0.222. The van der Waals surface area contributed by atoms with Crippen molar-refractivity contribution in [1.29, 1.82) is 5.41 Å². The van der Waals surface area contributed by atoms with E-state index in [1.165, 1.54) is 4.90 Å². The molecule has 1 fully saturated rings. The van der Waals surface area contributed by atoms with E-state index in [1.807, 2.05) is 25.1 Å². The largest absolute Gasteiger partial charge is 0.355 e. The molecule has 3 N–H and O–H groups in total. The third kappa shape index (κ3) is 2.45. The lowest BCUT2D eigenvalue weighted by Crippen LogP contribution is -2.58. The Hall–Kier alpha value is -2.45. The minimum Gasteiger partial charge on any atom is -0.355 e. The van der Waals surface area contributed by atoms with Crippen LogP contribution in [0.5, 0.6) is 0 Å². The number of aromatic amines is 1. The molecule has 2 heterocycles. The number of fused-ring (bicyclic) bond motifs is 1. The van der Waals surface area contributed by atoms with Gasteiger partial charge in [0.05, 0.1) is 22.7 Å². The minimum absolute atomic E-state index is 0.0658. The van der Waals surface area contributed by atoms with Gasteiger partial charge in [-0.25, -0.2) is 0 Å². The summed E-state index contributed by atoms with van der Waals surface area (Å²) < 4.78 is 0. The monoisotopic (exact) mass is 328 g/mol. The number of H-pyrrole nitrogens is 1. The zero-order chi connectivity index (χ0) is 16.8. The van der Waals surface area contributed by atoms with Gasteiger partial charge in [-0.15, -0.1) is 5.92 Å². The summed E-state index contributed by atoms with van der Waals surface area (Å²) in [7, 11) is 1.58. The number of hydrogen-bond acceptors (Lipinski definition) is 2. The van der Waals surface area contributed by atoms with Crippen LogP contribution in [-0.2, 0) is 10.3 Å². The van der Waals surface area contributed by atoms with Gasteiger partial charge in [0.25, 0.3) is 0 Å². The third-order valence-corrected chi connectivity index (χ3v) is 4.56. The molecule has 3 rings (SSSR count). The van der Waals surface area contributed by atoms with Crippen LogP contribution in [0.25, 0.3) is 10.9 Å². The van der Waals surface area contributed by atoms with Gasteiger partial charge >= 0.3 is 0 Å². The molecule has 5 nitrogen and oxygen atoms in total. The highest BCUT2D eigenvalue weighted by Crippen LogP contribution is 2.37. The van der Waals surface area contributed by atoms with Gasteiger partial charge in [0.15, 0.2) is 5.96 Å². The summed E-state index contributed by atoms with van der Waals surface area (Å²) in [5.41, 5.74) is 1.74. The number of carbonyl (C=O) groups excluding carboxylic acids is 1. The van der Waals surface area contributed by atoms with Crippen LogP contribution in [0.3, 0.4) is 0 Å². The Kier molecular flexibility index (Phi) is 3.57. The number of nitrogens with zero attached hydrogens (tertiary/aromatic N) is 1. The minimum atomic E-state index is -0.743. The summed E-state index contributed by atoms with van der Waals surface area (Å²) in [6.45, 7) is 3.66. The van der Waals surface area contributed by atoms with Gasteiger partial charge in [0.2, 0.25) is 5.91 Å². The Morgan fingerprint density at radius 2 is 2.17 bits per heavy atom. The zero-order valence-corrected chi connectivity index (χ0v) is 13.9. The number of hydrogen-bond donors (Lipinski definition) is 3. The topological polar surface area (TPSA) is 72.0 Å². The molecule has 0 saturated carbocycles. The SMILES string of the molecule is CC#Cc1ccc2[nH]c(C3(C)CC(=O)N(C)C(=N)N3)c(Cl)c2c1. The Bertz CT molecular complexity index is 869. The van der Waals surface area contributed by atoms with Crippen molar-refractivity contribution >= 4 is 34.4 Å². The summed E-state index contributed by atoms with van der Waals surface area (Å²) >= 11 is 6.57. The van der Waals surface area contributed by atoms with Crippen molar-refractivity contribution in [3.8, 4) is 11.8 Å². The van der Waals surface area contributed by atoms with Gasteiger partial charge in [-0.1, -0.05) is 17.5 Å². The molecule has 1 aromatic heterocycles. The first kappa shape index (κ1) is 15.4. The fourth-order valence-corrected chi connectivity index (χ4v) is 3.26. The average molecular weight is 329 g/mol. The number of aromatic nitrogens is 1. The summed E-state index contributed by atoms with van der Waals surface area (Å²) in [4.78, 5) is 16.7. The lowest BCUT2D eigenvalue weighted by atomic mass is 9.91. The van der Waals surface area contributed by atoms with Crippen LogP contribution in [-0.4, -0.2) is 28.8 Å². The van der Waals surface area contributed by atoms with Gasteiger partial charge in [-0.2, -0.15) is 0 Å². The second-order valence-corrected chi connectivity index (χ2v) is 6.26. The molecular weight excluding hydrogens is 312 g/mol. The van der Waals surface area contributed by atoms with E-state index in [-0.39, 0.29) is 18.3 Å². The highest BCUT2D eigenvalue weighted by Gasteiger charge is 2.40. The highest BCUT2D eigenvalue weighted by molar-refractivity contribution is 6.36. The smallest absolute Gasteiger partial charge is 0.231 e. The second kappa shape index (κ2) is 5.32. The number of guanidine groups is 1. The summed E-state index contributed by atoms with van der Waals surface area (Å²) in [5, 5.41) is 12.4. The van der Waals surface area contributed by atoms with Crippen LogP contribution in [0.1, 0.15) is 31.5 Å². The number of amides is 1. The quantitative estimate of drug-likeness (QED) is 0.704. The standard InChI is InChI=1S/C17H17ClN4O/c1-4-5-10-6-7-12-11(8-10)14(18)15(20-12)17(2)9-13(23)22(3)16(19)21-17/h6-8,20H,9H2,1-3H3,(H2,19,21). The van der Waals surface area contributed by atoms with E-state index < -0.39 is 5.54 Å². The highest BCUT2D eigenvalue weighted by atomic mass is 35.5. The summed E-state index contributed by atoms with van der Waals surface area (Å²) in [6, 6.07) is 5.78. The Labute approximate surface area is 139 Å². The molecule has 1 aromatic carbocycles. The number of rotatable bonds is 1. The maximum Gasteiger partial charge on any atom is 0.231 e. The van der Waals surface area contributed by atoms with E-state index in [0.717, 1.165) is 16.5 Å². The molecule has 1 amide bonds. The molecule has 1 aliphatic rings. The molecule has 23 heavy (non-hydrogen) atoms. The molecule has 118 valence electrons. The van der Waals surface area contributed by atoms with Crippen molar-refractivity contribution in [2.75, 3.05) is 7.05 Å². The van der Waals surface area contributed by atoms with Gasteiger partial charge in [0.1, 0.15) is 0 Å². The van der Waals surface area contributed by atoms with E-state index in [4.69, 9.17) is 17.0 Å². The fraction of sp³-hybridized carbons (Fsp3) is 0.294. The van der Waals surface area contributed by atoms with Crippen molar-refractivity contribution in [3.05, 3.63) is 34.5 Å². The molecule has 0 radical (unpaired) electrons. The van der Waals surface area contributed by atoms with E-state index in [1.54, 1.807) is 14.0 Å². The van der Waals surface area contributed by atoms with Gasteiger partial charge in [-0.3, -0.25) is 15.1 Å². The van der Waals surface area contributed by atoms with Crippen LogP contribution in [0.2, 0.25) is 5.02 Å². The maximum atomic E-state index is 12.1. The number of nitrogens with one attached hydrogen (secondary N) is 3. The van der Waals surface area contributed by atoms with Crippen LogP contribution in [0.4, 0.5) is 0 Å². The van der Waals surface area contributed by atoms with Crippen molar-refractivity contribution in [3.63, 3.8) is 0 Å². The zero-order valence-electron chi connectivity index (χ0n) is 13.2. The van der Waals surface area contributed by atoms with E-state index in [2.05, 4.69) is 22.1 Å². The third-order valence-electron chi connectivity index (χ3n) is 4.16. The predicted octanol–water partition coefficient (Wildman–Crippen LogP) is 2.79. The van der Waals surface area contributed by atoms with Crippen LogP contribution < -0.4 is 5.32 Å². The summed E-state index contributed by atoms with van der Waals surface area (Å²) in [5.74, 6) is 5.82. The molecule has 1 atom stereocenters. The molecule has 6 heteroatoms. The first-order chi connectivity index (χ1) is 10.9. The second-order valence-electron chi connectivity index (χ2n) is 5.88. The fourth-order valence-electron chi connectivity index (χ4n) is 2.85. The van der Waals surface area contributed by atoms with Gasteiger partial charge in [-0.05, 0) is 32.0 Å². The molecule has 1 unspecified atom stereocenters. The molecule has 1 aliphatic heterocycles. The normalized spacial score (nSPS) is 21.1. The van der Waals surface area contributed by atoms with Crippen LogP contribution in [0.15, 0.2) is 18.2 Å².